The molecular weight excluding hydrogens is 604 g/mol. The van der Waals surface area contributed by atoms with Gasteiger partial charge >= 0.3 is 23.9 Å². The van der Waals surface area contributed by atoms with Gasteiger partial charge in [-0.2, -0.15) is 0 Å². The molecular formula is C37H50O10. The number of hydrogen-bond acceptors (Lipinski definition) is 9. The summed E-state index contributed by atoms with van der Waals surface area (Å²) in [6.45, 7) is 14.8. The first-order valence-corrected chi connectivity index (χ1v) is 17.1. The topological polar surface area (TPSA) is 150 Å². The standard InChI is InChI=1S/C37H50O10/c1-20(18-45-32(43)11-10-31(41)42)21(2)33(44)28(46-23(4)38)16-26-29(47-24(5)39)17-35(7)30-9-8-25-22(3)27(40)12-13-36(25)19-37(30,36)15-14-34(26,35)6/h12-13,20,22,25-26,28-30H,2,8-11,14-19H2,1,3-7H3,(H,41,42). The van der Waals surface area contributed by atoms with E-state index in [0.717, 1.165) is 32.1 Å². The van der Waals surface area contributed by atoms with Crippen molar-refractivity contribution in [2.45, 2.75) is 112 Å². The summed E-state index contributed by atoms with van der Waals surface area (Å²) in [5.41, 5.74) is -0.288. The minimum atomic E-state index is -1.17. The molecule has 258 valence electrons. The second kappa shape index (κ2) is 12.3. The van der Waals surface area contributed by atoms with Crippen molar-refractivity contribution in [3.05, 3.63) is 24.3 Å². The molecule has 1 N–H and O–H groups in total. The number of carbonyl (C=O) groups is 6. The number of carboxylic acid groups (broad SMARTS) is 1. The van der Waals surface area contributed by atoms with Gasteiger partial charge in [-0.15, -0.1) is 0 Å². The summed E-state index contributed by atoms with van der Waals surface area (Å²) < 4.78 is 16.9. The lowest BCUT2D eigenvalue weighted by atomic mass is 9.43. The van der Waals surface area contributed by atoms with Crippen molar-refractivity contribution >= 4 is 35.4 Å². The maximum atomic E-state index is 13.9. The van der Waals surface area contributed by atoms with E-state index in [1.54, 1.807) is 6.92 Å². The van der Waals surface area contributed by atoms with Gasteiger partial charge in [-0.3, -0.25) is 28.8 Å². The number of esters is 3. The highest BCUT2D eigenvalue weighted by atomic mass is 16.6. The Balaban J connectivity index is 1.39. The summed E-state index contributed by atoms with van der Waals surface area (Å²) in [4.78, 5) is 74.1. The maximum Gasteiger partial charge on any atom is 0.306 e. The molecule has 5 aliphatic carbocycles. The maximum absolute atomic E-state index is 13.9. The van der Waals surface area contributed by atoms with E-state index in [4.69, 9.17) is 19.3 Å². The number of ketones is 2. The van der Waals surface area contributed by atoms with Gasteiger partial charge in [-0.05, 0) is 90.1 Å². The third-order valence-corrected chi connectivity index (χ3v) is 13.5. The Bertz CT molecular complexity index is 1410. The highest BCUT2D eigenvalue weighted by molar-refractivity contribution is 5.99. The number of aliphatic carboxylic acids is 1. The zero-order valence-electron chi connectivity index (χ0n) is 28.6. The van der Waals surface area contributed by atoms with Crippen molar-refractivity contribution in [1.29, 1.82) is 0 Å². The Labute approximate surface area is 277 Å². The molecule has 4 saturated carbocycles. The molecule has 0 bridgehead atoms. The summed E-state index contributed by atoms with van der Waals surface area (Å²) in [5, 5.41) is 8.81. The van der Waals surface area contributed by atoms with Crippen LogP contribution in [0.25, 0.3) is 0 Å². The molecule has 0 aromatic heterocycles. The molecule has 2 spiro atoms. The summed E-state index contributed by atoms with van der Waals surface area (Å²) in [6, 6.07) is 0. The third kappa shape index (κ3) is 5.67. The van der Waals surface area contributed by atoms with Crippen molar-refractivity contribution in [3.63, 3.8) is 0 Å². The summed E-state index contributed by atoms with van der Waals surface area (Å²) in [5.74, 6) is -3.23. The Morgan fingerprint density at radius 2 is 1.74 bits per heavy atom. The van der Waals surface area contributed by atoms with E-state index in [1.807, 2.05) is 6.08 Å². The monoisotopic (exact) mass is 654 g/mol. The van der Waals surface area contributed by atoms with E-state index in [-0.39, 0.29) is 70.7 Å². The molecule has 0 heterocycles. The quantitative estimate of drug-likeness (QED) is 0.164. The molecule has 10 heteroatoms. The molecule has 0 radical (unpaired) electrons. The minimum Gasteiger partial charge on any atom is -0.481 e. The van der Waals surface area contributed by atoms with Crippen LogP contribution in [0.15, 0.2) is 24.3 Å². The first-order valence-electron chi connectivity index (χ1n) is 17.1. The minimum absolute atomic E-state index is 0.0193. The van der Waals surface area contributed by atoms with Gasteiger partial charge in [0.25, 0.3) is 0 Å². The van der Waals surface area contributed by atoms with E-state index in [0.29, 0.717) is 18.3 Å². The van der Waals surface area contributed by atoms with Gasteiger partial charge in [-0.25, -0.2) is 0 Å². The molecule has 0 aliphatic heterocycles. The molecule has 0 aromatic rings. The van der Waals surface area contributed by atoms with Crippen LogP contribution in [0.5, 0.6) is 0 Å². The molecule has 0 saturated heterocycles. The zero-order chi connectivity index (χ0) is 34.7. The van der Waals surface area contributed by atoms with Gasteiger partial charge in [-0.1, -0.05) is 40.3 Å². The van der Waals surface area contributed by atoms with Crippen LogP contribution in [0.2, 0.25) is 0 Å². The number of fused-ring (bicyclic) bond motifs is 2. The number of hydrogen-bond donors (Lipinski definition) is 1. The molecule has 10 nitrogen and oxygen atoms in total. The lowest BCUT2D eigenvalue weighted by Gasteiger charge is -2.60. The molecule has 0 aromatic carbocycles. The Morgan fingerprint density at radius 1 is 1.04 bits per heavy atom. The van der Waals surface area contributed by atoms with E-state index in [9.17, 15) is 28.8 Å². The normalized spacial score (nSPS) is 39.2. The highest BCUT2D eigenvalue weighted by Crippen LogP contribution is 2.87. The fourth-order valence-corrected chi connectivity index (χ4v) is 10.9. The highest BCUT2D eigenvalue weighted by Gasteiger charge is 2.81. The van der Waals surface area contributed by atoms with Gasteiger partial charge in [0.2, 0.25) is 0 Å². The fraction of sp³-hybridized carbons (Fsp3) is 0.730. The molecule has 0 amide bonds. The van der Waals surface area contributed by atoms with Crippen molar-refractivity contribution in [1.82, 2.24) is 0 Å². The lowest BCUT2D eigenvalue weighted by Crippen LogP contribution is -2.55. The number of ether oxygens (including phenoxy) is 3. The number of allylic oxidation sites excluding steroid dienone is 2. The van der Waals surface area contributed by atoms with E-state index >= 15 is 0 Å². The Hall–Kier alpha value is -3.30. The second-order valence-corrected chi connectivity index (χ2v) is 15.6. The predicted molar refractivity (Wildman–Crippen MR) is 169 cm³/mol. The van der Waals surface area contributed by atoms with E-state index < -0.39 is 47.8 Å². The summed E-state index contributed by atoms with van der Waals surface area (Å²) in [6.07, 6.45) is 7.44. The molecule has 5 rings (SSSR count). The predicted octanol–water partition coefficient (Wildman–Crippen LogP) is 5.41. The average Bonchev–Trinajstić information content (AvgIpc) is 3.62. The number of carbonyl (C=O) groups excluding carboxylic acids is 5. The molecule has 11 atom stereocenters. The Morgan fingerprint density at radius 3 is 2.38 bits per heavy atom. The number of carboxylic acids is 1. The SMILES string of the molecule is C=C(C(=O)C(CC1C(OC(C)=O)CC2(C)C3CCC4C(C)C(=O)C=CC45CC35CCC12C)OC(C)=O)C(C)COC(=O)CCC(=O)O. The van der Waals surface area contributed by atoms with Gasteiger partial charge in [0.1, 0.15) is 6.10 Å². The van der Waals surface area contributed by atoms with E-state index in [1.165, 1.54) is 13.8 Å². The fourth-order valence-electron chi connectivity index (χ4n) is 10.9. The molecule has 47 heavy (non-hydrogen) atoms. The smallest absolute Gasteiger partial charge is 0.306 e. The van der Waals surface area contributed by atoms with Gasteiger partial charge in [0.05, 0.1) is 19.4 Å². The summed E-state index contributed by atoms with van der Waals surface area (Å²) >= 11 is 0. The van der Waals surface area contributed by atoms with Gasteiger partial charge in [0.15, 0.2) is 17.7 Å². The summed E-state index contributed by atoms with van der Waals surface area (Å²) in [7, 11) is 0. The van der Waals surface area contributed by atoms with Crippen molar-refractivity contribution < 1.29 is 48.1 Å². The molecule has 4 fully saturated rings. The molecule has 11 unspecified atom stereocenters. The first kappa shape index (κ1) is 35.0. The van der Waals surface area contributed by atoms with Crippen molar-refractivity contribution in [2.75, 3.05) is 6.61 Å². The van der Waals surface area contributed by atoms with Gasteiger partial charge in [0, 0.05) is 31.6 Å². The van der Waals surface area contributed by atoms with Crippen molar-refractivity contribution in [3.8, 4) is 0 Å². The van der Waals surface area contributed by atoms with Gasteiger partial charge < -0.3 is 19.3 Å². The van der Waals surface area contributed by atoms with Crippen LogP contribution in [-0.4, -0.2) is 59.4 Å². The van der Waals surface area contributed by atoms with Crippen LogP contribution in [0.3, 0.4) is 0 Å². The first-order chi connectivity index (χ1) is 21.9. The van der Waals surface area contributed by atoms with Crippen LogP contribution >= 0.6 is 0 Å². The average molecular weight is 655 g/mol. The van der Waals surface area contributed by atoms with Crippen molar-refractivity contribution in [2.24, 2.45) is 51.2 Å². The number of rotatable bonds is 12. The largest absolute Gasteiger partial charge is 0.481 e. The van der Waals surface area contributed by atoms with Crippen LogP contribution in [0.4, 0.5) is 0 Å². The van der Waals surface area contributed by atoms with Crippen LogP contribution in [0, 0.1) is 51.2 Å². The lowest BCUT2D eigenvalue weighted by molar-refractivity contribution is -0.159. The van der Waals surface area contributed by atoms with Crippen LogP contribution in [-0.2, 0) is 43.0 Å². The third-order valence-electron chi connectivity index (χ3n) is 13.5. The Kier molecular flexibility index (Phi) is 9.16. The second-order valence-electron chi connectivity index (χ2n) is 15.6. The zero-order valence-corrected chi connectivity index (χ0v) is 28.6. The van der Waals surface area contributed by atoms with Crippen LogP contribution < -0.4 is 0 Å². The number of Topliss-reactive ketones (excluding diaryl/α,β-unsaturated/α-hetero) is 1. The molecule has 5 aliphatic rings. The van der Waals surface area contributed by atoms with E-state index in [2.05, 4.69) is 33.4 Å². The van der Waals surface area contributed by atoms with Crippen LogP contribution in [0.1, 0.15) is 99.3 Å².